The smallest absolute Gasteiger partial charge is 0.220 e. The fourth-order valence-corrected chi connectivity index (χ4v) is 2.15. The molecule has 1 aromatic heterocycles. The molecule has 3 rings (SSSR count). The van der Waals surface area contributed by atoms with E-state index in [2.05, 4.69) is 31.1 Å². The third-order valence-corrected chi connectivity index (χ3v) is 3.36. The number of para-hydroxylation sites is 2. The number of rotatable bonds is 5. The molecule has 1 heterocycles. The second-order valence-electron chi connectivity index (χ2n) is 4.77. The molecule has 7 heteroatoms. The number of aliphatic imine (C=N–C) groups is 1. The monoisotopic (exact) mass is 324 g/mol. The normalized spacial score (nSPS) is 10.8. The average molecular weight is 324 g/mol. The van der Waals surface area contributed by atoms with Crippen LogP contribution in [0.15, 0.2) is 59.6 Å². The standard InChI is InChI=1S/C16H16N6S/c23-16(17-10-12-6-2-1-3-7-12)18-11-19-22-15-20-13-8-4-5-9-14(13)21-15/h1-9,11H,10H2,(H2,20,21,22)(H2,17,18,19,23). The van der Waals surface area contributed by atoms with E-state index in [1.165, 1.54) is 6.34 Å². The van der Waals surface area contributed by atoms with E-state index in [0.29, 0.717) is 17.6 Å². The van der Waals surface area contributed by atoms with Crippen molar-refractivity contribution in [1.29, 1.82) is 0 Å². The van der Waals surface area contributed by atoms with Crippen LogP contribution in [0.2, 0.25) is 0 Å². The second-order valence-corrected chi connectivity index (χ2v) is 5.16. The van der Waals surface area contributed by atoms with Gasteiger partial charge in [0.2, 0.25) is 5.95 Å². The molecule has 0 spiro atoms. The number of thiocarbonyl (C=S) groups is 1. The highest BCUT2D eigenvalue weighted by molar-refractivity contribution is 7.80. The van der Waals surface area contributed by atoms with E-state index >= 15 is 0 Å². The number of hydrogen-bond acceptors (Lipinski definition) is 3. The summed E-state index contributed by atoms with van der Waals surface area (Å²) < 4.78 is 0. The number of hydrogen-bond donors (Lipinski definition) is 4. The molecule has 4 N–H and O–H groups in total. The Morgan fingerprint density at radius 2 is 1.91 bits per heavy atom. The average Bonchev–Trinajstić information content (AvgIpc) is 3.00. The van der Waals surface area contributed by atoms with Gasteiger partial charge >= 0.3 is 0 Å². The first-order chi connectivity index (χ1) is 11.3. The van der Waals surface area contributed by atoms with Crippen LogP contribution in [-0.4, -0.2) is 21.4 Å². The summed E-state index contributed by atoms with van der Waals surface area (Å²) in [5, 5.41) is 3.47. The minimum atomic E-state index is 0.410. The van der Waals surface area contributed by atoms with Crippen molar-refractivity contribution < 1.29 is 0 Å². The van der Waals surface area contributed by atoms with Crippen molar-refractivity contribution in [3.63, 3.8) is 0 Å². The summed E-state index contributed by atoms with van der Waals surface area (Å²) in [4.78, 5) is 11.6. The zero-order valence-electron chi connectivity index (χ0n) is 12.3. The van der Waals surface area contributed by atoms with E-state index in [-0.39, 0.29) is 0 Å². The molecule has 0 unspecified atom stereocenters. The molecule has 116 valence electrons. The van der Waals surface area contributed by atoms with Gasteiger partial charge in [-0.1, -0.05) is 42.5 Å². The van der Waals surface area contributed by atoms with Crippen LogP contribution in [0.3, 0.4) is 0 Å². The Hall–Kier alpha value is -2.93. The van der Waals surface area contributed by atoms with E-state index in [1.807, 2.05) is 54.6 Å². The van der Waals surface area contributed by atoms with Gasteiger partial charge in [-0.15, -0.1) is 0 Å². The first-order valence-corrected chi connectivity index (χ1v) is 7.53. The Morgan fingerprint density at radius 3 is 2.74 bits per heavy atom. The van der Waals surface area contributed by atoms with Gasteiger partial charge in [0.1, 0.15) is 6.34 Å². The van der Waals surface area contributed by atoms with E-state index < -0.39 is 0 Å². The van der Waals surface area contributed by atoms with Crippen LogP contribution in [-0.2, 0) is 6.54 Å². The third-order valence-electron chi connectivity index (χ3n) is 3.11. The molecule has 0 aliphatic carbocycles. The highest BCUT2D eigenvalue weighted by Crippen LogP contribution is 2.12. The van der Waals surface area contributed by atoms with E-state index in [9.17, 15) is 0 Å². The van der Waals surface area contributed by atoms with Crippen LogP contribution in [0, 0.1) is 0 Å². The molecular formula is C16H16N6S. The largest absolute Gasteiger partial charge is 0.357 e. The Balaban J connectivity index is 1.44. The molecule has 0 radical (unpaired) electrons. The predicted octanol–water partition coefficient (Wildman–Crippen LogP) is 2.58. The fourth-order valence-electron chi connectivity index (χ4n) is 2.02. The first kappa shape index (κ1) is 15.0. The lowest BCUT2D eigenvalue weighted by atomic mass is 10.2. The van der Waals surface area contributed by atoms with Crippen molar-refractivity contribution >= 4 is 40.7 Å². The molecular weight excluding hydrogens is 308 g/mol. The van der Waals surface area contributed by atoms with Crippen molar-refractivity contribution in [3.8, 4) is 0 Å². The van der Waals surface area contributed by atoms with Gasteiger partial charge in [0.15, 0.2) is 5.11 Å². The molecule has 0 saturated carbocycles. The number of hydrazine groups is 1. The van der Waals surface area contributed by atoms with Crippen LogP contribution in [0.4, 0.5) is 5.95 Å². The molecule has 0 saturated heterocycles. The summed E-state index contributed by atoms with van der Waals surface area (Å²) >= 11 is 5.14. The van der Waals surface area contributed by atoms with Gasteiger partial charge in [0, 0.05) is 6.54 Å². The quantitative estimate of drug-likeness (QED) is 0.251. The molecule has 0 aliphatic heterocycles. The lowest BCUT2D eigenvalue weighted by Crippen LogP contribution is -2.24. The van der Waals surface area contributed by atoms with Crippen LogP contribution in [0.25, 0.3) is 11.0 Å². The molecule has 0 bridgehead atoms. The van der Waals surface area contributed by atoms with Crippen molar-refractivity contribution in [1.82, 2.24) is 20.7 Å². The van der Waals surface area contributed by atoms with Gasteiger partial charge in [0.25, 0.3) is 0 Å². The SMILES string of the molecule is S=C(N=CNNc1nc2ccccc2[nH]1)NCc1ccccc1. The molecule has 23 heavy (non-hydrogen) atoms. The van der Waals surface area contributed by atoms with Gasteiger partial charge < -0.3 is 10.3 Å². The number of H-pyrrole nitrogens is 1. The van der Waals surface area contributed by atoms with E-state index in [0.717, 1.165) is 16.6 Å². The number of nitrogens with zero attached hydrogens (tertiary/aromatic N) is 2. The molecule has 0 fully saturated rings. The topological polar surface area (TPSA) is 77.1 Å². The number of fused-ring (bicyclic) bond motifs is 1. The van der Waals surface area contributed by atoms with Crippen molar-refractivity contribution in [2.24, 2.45) is 4.99 Å². The van der Waals surface area contributed by atoms with Gasteiger partial charge in [-0.05, 0) is 29.9 Å². The Kier molecular flexibility index (Phi) is 4.80. The number of benzene rings is 2. The molecule has 0 aliphatic rings. The van der Waals surface area contributed by atoms with Crippen LogP contribution in [0.1, 0.15) is 5.56 Å². The van der Waals surface area contributed by atoms with Crippen LogP contribution < -0.4 is 16.2 Å². The maximum absolute atomic E-state index is 5.14. The molecule has 0 atom stereocenters. The fraction of sp³-hybridized carbons (Fsp3) is 0.0625. The van der Waals surface area contributed by atoms with E-state index in [1.54, 1.807) is 0 Å². The minimum absolute atomic E-state index is 0.410. The molecule has 3 aromatic rings. The molecule has 2 aromatic carbocycles. The summed E-state index contributed by atoms with van der Waals surface area (Å²) in [6, 6.07) is 17.8. The van der Waals surface area contributed by atoms with Crippen molar-refractivity contribution in [3.05, 3.63) is 60.2 Å². The highest BCUT2D eigenvalue weighted by Gasteiger charge is 1.99. The van der Waals surface area contributed by atoms with Gasteiger partial charge in [-0.25, -0.2) is 9.98 Å². The maximum atomic E-state index is 5.14. The van der Waals surface area contributed by atoms with E-state index in [4.69, 9.17) is 12.2 Å². The number of imidazole rings is 1. The molecule has 0 amide bonds. The Bertz CT molecular complexity index is 779. The van der Waals surface area contributed by atoms with Crippen LogP contribution >= 0.6 is 12.2 Å². The Labute approximate surface area is 139 Å². The van der Waals surface area contributed by atoms with Crippen LogP contribution in [0.5, 0.6) is 0 Å². The van der Waals surface area contributed by atoms with Crippen molar-refractivity contribution in [2.45, 2.75) is 6.54 Å². The third kappa shape index (κ3) is 4.27. The van der Waals surface area contributed by atoms with Gasteiger partial charge in [-0.2, -0.15) is 0 Å². The Morgan fingerprint density at radius 1 is 1.13 bits per heavy atom. The lowest BCUT2D eigenvalue weighted by Gasteiger charge is -2.04. The summed E-state index contributed by atoms with van der Waals surface area (Å²) in [5.41, 5.74) is 8.75. The van der Waals surface area contributed by atoms with Crippen molar-refractivity contribution in [2.75, 3.05) is 5.43 Å². The minimum Gasteiger partial charge on any atom is -0.357 e. The number of aromatic amines is 1. The maximum Gasteiger partial charge on any atom is 0.220 e. The predicted molar refractivity (Wildman–Crippen MR) is 97.2 cm³/mol. The number of nitrogens with one attached hydrogen (secondary N) is 4. The first-order valence-electron chi connectivity index (χ1n) is 7.12. The summed E-state index contributed by atoms with van der Waals surface area (Å²) in [6.45, 7) is 0.647. The zero-order valence-corrected chi connectivity index (χ0v) is 13.1. The summed E-state index contributed by atoms with van der Waals surface area (Å²) in [6.07, 6.45) is 1.48. The van der Waals surface area contributed by atoms with Gasteiger partial charge in [-0.3, -0.25) is 10.9 Å². The lowest BCUT2D eigenvalue weighted by molar-refractivity contribution is 0.919. The summed E-state index contributed by atoms with van der Waals surface area (Å²) in [5.74, 6) is 0.612. The summed E-state index contributed by atoms with van der Waals surface area (Å²) in [7, 11) is 0. The number of anilines is 1. The molecule has 6 nitrogen and oxygen atoms in total. The highest BCUT2D eigenvalue weighted by atomic mass is 32.1. The number of aromatic nitrogens is 2. The van der Waals surface area contributed by atoms with Gasteiger partial charge in [0.05, 0.1) is 11.0 Å². The second kappa shape index (κ2) is 7.37. The zero-order chi connectivity index (χ0) is 15.9.